The van der Waals surface area contributed by atoms with Crippen molar-refractivity contribution in [1.82, 2.24) is 9.80 Å². The van der Waals surface area contributed by atoms with Gasteiger partial charge in [0.25, 0.3) is 0 Å². The van der Waals surface area contributed by atoms with Gasteiger partial charge in [0.15, 0.2) is 0 Å². The number of urea groups is 1. The summed E-state index contributed by atoms with van der Waals surface area (Å²) in [5.41, 5.74) is 1.95. The smallest absolute Gasteiger partial charge is 0.321 e. The fourth-order valence-electron chi connectivity index (χ4n) is 3.65. The van der Waals surface area contributed by atoms with Crippen LogP contribution < -0.4 is 5.32 Å². The van der Waals surface area contributed by atoms with Crippen molar-refractivity contribution in [3.05, 3.63) is 66.2 Å². The first-order valence-electron chi connectivity index (χ1n) is 10.1. The number of amides is 3. The molecule has 1 heterocycles. The van der Waals surface area contributed by atoms with E-state index in [0.717, 1.165) is 37.1 Å². The van der Waals surface area contributed by atoms with Gasteiger partial charge in [-0.25, -0.2) is 4.79 Å². The summed E-state index contributed by atoms with van der Waals surface area (Å²) in [7, 11) is 0. The van der Waals surface area contributed by atoms with E-state index in [0.29, 0.717) is 19.6 Å². The third kappa shape index (κ3) is 5.35. The molecule has 28 heavy (non-hydrogen) atoms. The molecule has 0 bridgehead atoms. The Hall–Kier alpha value is -2.82. The Labute approximate surface area is 167 Å². The number of benzene rings is 2. The Balaban J connectivity index is 1.53. The van der Waals surface area contributed by atoms with E-state index in [1.807, 2.05) is 53.4 Å². The fourth-order valence-corrected chi connectivity index (χ4v) is 3.65. The van der Waals surface area contributed by atoms with E-state index in [1.165, 1.54) is 0 Å². The molecule has 3 amide bonds. The number of nitrogens with one attached hydrogen (secondary N) is 1. The van der Waals surface area contributed by atoms with Crippen molar-refractivity contribution in [2.24, 2.45) is 5.92 Å². The highest BCUT2D eigenvalue weighted by Gasteiger charge is 2.30. The van der Waals surface area contributed by atoms with Gasteiger partial charge in [-0.1, -0.05) is 55.5 Å². The third-order valence-corrected chi connectivity index (χ3v) is 5.18. The molecular weight excluding hydrogens is 350 g/mol. The maximum absolute atomic E-state index is 13.1. The molecule has 0 aromatic heterocycles. The van der Waals surface area contributed by atoms with Crippen LogP contribution in [-0.2, 0) is 11.3 Å². The lowest BCUT2D eigenvalue weighted by atomic mass is 9.95. The van der Waals surface area contributed by atoms with E-state index in [-0.39, 0.29) is 17.9 Å². The number of anilines is 1. The van der Waals surface area contributed by atoms with Gasteiger partial charge in [0, 0.05) is 37.8 Å². The van der Waals surface area contributed by atoms with E-state index in [2.05, 4.69) is 24.4 Å². The number of para-hydroxylation sites is 1. The minimum absolute atomic E-state index is 0.00367. The van der Waals surface area contributed by atoms with E-state index < -0.39 is 0 Å². The predicted molar refractivity (Wildman–Crippen MR) is 112 cm³/mol. The van der Waals surface area contributed by atoms with Gasteiger partial charge < -0.3 is 15.1 Å². The average Bonchev–Trinajstić information content (AvgIpc) is 2.74. The number of piperidine rings is 1. The molecule has 1 N–H and O–H groups in total. The highest BCUT2D eigenvalue weighted by molar-refractivity contribution is 5.89. The monoisotopic (exact) mass is 379 g/mol. The van der Waals surface area contributed by atoms with Gasteiger partial charge in [-0.2, -0.15) is 0 Å². The van der Waals surface area contributed by atoms with Crippen molar-refractivity contribution in [1.29, 1.82) is 0 Å². The van der Waals surface area contributed by atoms with Crippen LogP contribution in [0.5, 0.6) is 0 Å². The number of rotatable bonds is 6. The first kappa shape index (κ1) is 19.9. The molecule has 5 nitrogen and oxygen atoms in total. The lowest BCUT2D eigenvalue weighted by Gasteiger charge is -2.34. The molecule has 5 heteroatoms. The summed E-state index contributed by atoms with van der Waals surface area (Å²) in [6.45, 7) is 4.74. The molecule has 0 radical (unpaired) electrons. The Morgan fingerprint density at radius 3 is 2.21 bits per heavy atom. The summed E-state index contributed by atoms with van der Waals surface area (Å²) >= 11 is 0. The lowest BCUT2D eigenvalue weighted by Crippen LogP contribution is -2.45. The first-order chi connectivity index (χ1) is 13.7. The summed E-state index contributed by atoms with van der Waals surface area (Å²) in [6.07, 6.45) is 2.38. The van der Waals surface area contributed by atoms with Crippen LogP contribution in [0.15, 0.2) is 60.7 Å². The number of hydrogen-bond acceptors (Lipinski definition) is 2. The van der Waals surface area contributed by atoms with E-state index in [4.69, 9.17) is 0 Å². The minimum Gasteiger partial charge on any atom is -0.338 e. The molecule has 0 spiro atoms. The van der Waals surface area contributed by atoms with Gasteiger partial charge in [-0.15, -0.1) is 0 Å². The Kier molecular flexibility index (Phi) is 7.06. The number of carbonyl (C=O) groups is 2. The quantitative estimate of drug-likeness (QED) is 0.810. The van der Waals surface area contributed by atoms with Crippen LogP contribution >= 0.6 is 0 Å². The zero-order valence-electron chi connectivity index (χ0n) is 16.5. The molecule has 3 rings (SSSR count). The summed E-state index contributed by atoms with van der Waals surface area (Å²) in [5, 5.41) is 2.92. The molecule has 1 fully saturated rings. The van der Waals surface area contributed by atoms with E-state index in [1.54, 1.807) is 4.90 Å². The van der Waals surface area contributed by atoms with Crippen LogP contribution in [-0.4, -0.2) is 41.4 Å². The minimum atomic E-state index is -0.0909. The second-order valence-electron chi connectivity index (χ2n) is 7.30. The highest BCUT2D eigenvalue weighted by atomic mass is 16.2. The topological polar surface area (TPSA) is 52.7 Å². The molecule has 148 valence electrons. The molecule has 0 unspecified atom stereocenters. The Morgan fingerprint density at radius 2 is 1.61 bits per heavy atom. The van der Waals surface area contributed by atoms with Crippen molar-refractivity contribution in [3.63, 3.8) is 0 Å². The average molecular weight is 380 g/mol. The molecule has 0 saturated carbocycles. The van der Waals surface area contributed by atoms with Crippen molar-refractivity contribution in [2.75, 3.05) is 25.0 Å². The molecule has 1 aliphatic rings. The second kappa shape index (κ2) is 9.93. The van der Waals surface area contributed by atoms with Gasteiger partial charge >= 0.3 is 6.03 Å². The summed E-state index contributed by atoms with van der Waals surface area (Å²) in [5.74, 6) is 0.213. The second-order valence-corrected chi connectivity index (χ2v) is 7.30. The summed E-state index contributed by atoms with van der Waals surface area (Å²) in [6, 6.07) is 19.5. The summed E-state index contributed by atoms with van der Waals surface area (Å²) < 4.78 is 0. The largest absolute Gasteiger partial charge is 0.338 e. The third-order valence-electron chi connectivity index (χ3n) is 5.18. The van der Waals surface area contributed by atoms with Gasteiger partial charge in [-0.3, -0.25) is 4.79 Å². The van der Waals surface area contributed by atoms with Crippen molar-refractivity contribution in [2.45, 2.75) is 32.7 Å². The SMILES string of the molecule is CCCN(Cc1ccccc1)C(=O)C1CCN(C(=O)Nc2ccccc2)CC1. The Bertz CT molecular complexity index is 756. The zero-order valence-corrected chi connectivity index (χ0v) is 16.5. The maximum atomic E-state index is 13.1. The number of hydrogen-bond donors (Lipinski definition) is 1. The molecule has 1 saturated heterocycles. The van der Waals surface area contributed by atoms with Gasteiger partial charge in [0.05, 0.1) is 0 Å². The lowest BCUT2D eigenvalue weighted by molar-refractivity contribution is -0.137. The zero-order chi connectivity index (χ0) is 19.8. The standard InChI is InChI=1S/C23H29N3O2/c1-2-15-26(18-19-9-5-3-6-10-19)22(27)20-13-16-25(17-14-20)23(28)24-21-11-7-4-8-12-21/h3-12,20H,2,13-18H2,1H3,(H,24,28). The van der Waals surface area contributed by atoms with Gasteiger partial charge in [0.1, 0.15) is 0 Å². The van der Waals surface area contributed by atoms with Crippen molar-refractivity contribution >= 4 is 17.6 Å². The van der Waals surface area contributed by atoms with Crippen molar-refractivity contribution in [3.8, 4) is 0 Å². The molecule has 0 aliphatic carbocycles. The number of likely N-dealkylation sites (tertiary alicyclic amines) is 1. The van der Waals surface area contributed by atoms with Crippen LogP contribution in [0.3, 0.4) is 0 Å². The Morgan fingerprint density at radius 1 is 1.00 bits per heavy atom. The van der Waals surface area contributed by atoms with Crippen molar-refractivity contribution < 1.29 is 9.59 Å². The van der Waals surface area contributed by atoms with Crippen LogP contribution in [0.4, 0.5) is 10.5 Å². The molecule has 1 aliphatic heterocycles. The fraction of sp³-hybridized carbons (Fsp3) is 0.391. The number of nitrogens with zero attached hydrogens (tertiary/aromatic N) is 2. The van der Waals surface area contributed by atoms with Crippen LogP contribution in [0.1, 0.15) is 31.7 Å². The van der Waals surface area contributed by atoms with E-state index >= 15 is 0 Å². The molecule has 2 aromatic rings. The van der Waals surface area contributed by atoms with E-state index in [9.17, 15) is 9.59 Å². The number of carbonyl (C=O) groups excluding carboxylic acids is 2. The predicted octanol–water partition coefficient (Wildman–Crippen LogP) is 4.37. The van der Waals surface area contributed by atoms with Gasteiger partial charge in [0.2, 0.25) is 5.91 Å². The highest BCUT2D eigenvalue weighted by Crippen LogP contribution is 2.22. The first-order valence-corrected chi connectivity index (χ1v) is 10.1. The van der Waals surface area contributed by atoms with Gasteiger partial charge in [-0.05, 0) is 37.0 Å². The normalized spacial score (nSPS) is 14.5. The van der Waals surface area contributed by atoms with Crippen LogP contribution in [0.2, 0.25) is 0 Å². The van der Waals surface area contributed by atoms with Crippen LogP contribution in [0, 0.1) is 5.92 Å². The molecular formula is C23H29N3O2. The molecule has 2 aromatic carbocycles. The van der Waals surface area contributed by atoms with Crippen LogP contribution in [0.25, 0.3) is 0 Å². The summed E-state index contributed by atoms with van der Waals surface area (Å²) in [4.78, 5) is 29.3. The maximum Gasteiger partial charge on any atom is 0.321 e. The molecule has 0 atom stereocenters.